The number of amides is 1. The van der Waals surface area contributed by atoms with Gasteiger partial charge in [-0.05, 0) is 52.9 Å². The number of ether oxygens (including phenoxy) is 2. The number of nitrogens with zero attached hydrogens (tertiary/aromatic N) is 1. The highest BCUT2D eigenvalue weighted by atomic mass is 16.6. The molecule has 0 aromatic heterocycles. The van der Waals surface area contributed by atoms with E-state index in [1.807, 2.05) is 26.8 Å². The van der Waals surface area contributed by atoms with E-state index in [9.17, 15) is 9.90 Å². The lowest BCUT2D eigenvalue weighted by Gasteiger charge is -2.51. The summed E-state index contributed by atoms with van der Waals surface area (Å²) in [6.45, 7) is 10.3. The van der Waals surface area contributed by atoms with Gasteiger partial charge in [-0.1, -0.05) is 18.9 Å². The molecule has 2 heterocycles. The summed E-state index contributed by atoms with van der Waals surface area (Å²) in [7, 11) is 0. The van der Waals surface area contributed by atoms with Crippen molar-refractivity contribution in [2.45, 2.75) is 89.0 Å². The molecule has 2 rings (SSSR count). The lowest BCUT2D eigenvalue weighted by Crippen LogP contribution is -2.64. The number of fused-ring (bicyclic) bond motifs is 2. The zero-order chi connectivity index (χ0) is 17.8. The number of rotatable bonds is 6. The zero-order valence-corrected chi connectivity index (χ0v) is 15.4. The molecule has 0 spiro atoms. The van der Waals surface area contributed by atoms with Gasteiger partial charge >= 0.3 is 6.09 Å². The van der Waals surface area contributed by atoms with Crippen LogP contribution in [0.2, 0.25) is 0 Å². The lowest BCUT2D eigenvalue weighted by atomic mass is 9.78. The van der Waals surface area contributed by atoms with Gasteiger partial charge in [0, 0.05) is 0 Å². The van der Waals surface area contributed by atoms with Gasteiger partial charge in [0.1, 0.15) is 5.60 Å². The van der Waals surface area contributed by atoms with Crippen molar-refractivity contribution < 1.29 is 19.4 Å². The van der Waals surface area contributed by atoms with Crippen LogP contribution in [0.3, 0.4) is 0 Å². The first-order valence-electron chi connectivity index (χ1n) is 9.16. The highest BCUT2D eigenvalue weighted by Gasteiger charge is 2.48. The Morgan fingerprint density at radius 1 is 1.29 bits per heavy atom. The van der Waals surface area contributed by atoms with Crippen molar-refractivity contribution in [1.29, 1.82) is 0 Å². The Morgan fingerprint density at radius 2 is 1.92 bits per heavy atom. The topological polar surface area (TPSA) is 59.0 Å². The van der Waals surface area contributed by atoms with Gasteiger partial charge in [0.15, 0.2) is 0 Å². The van der Waals surface area contributed by atoms with Gasteiger partial charge in [-0.2, -0.15) is 0 Å². The molecule has 0 aliphatic carbocycles. The van der Waals surface area contributed by atoms with Gasteiger partial charge in [0.05, 0.1) is 30.9 Å². The van der Waals surface area contributed by atoms with Crippen LogP contribution in [0.5, 0.6) is 0 Å². The van der Waals surface area contributed by atoms with Gasteiger partial charge in [0.2, 0.25) is 0 Å². The second kappa shape index (κ2) is 7.87. The number of unbranched alkanes of at least 4 members (excludes halogenated alkanes) is 3. The molecule has 2 atom stereocenters. The molecular formula is C19H33NO4. The lowest BCUT2D eigenvalue weighted by molar-refractivity contribution is -0.140. The predicted molar refractivity (Wildman–Crippen MR) is 93.9 cm³/mol. The summed E-state index contributed by atoms with van der Waals surface area (Å²) in [6.07, 6.45) is 7.87. The molecule has 1 N–H and O–H groups in total. The monoisotopic (exact) mass is 339 g/mol. The molecule has 1 amide bonds. The van der Waals surface area contributed by atoms with Crippen LogP contribution < -0.4 is 0 Å². The summed E-state index contributed by atoms with van der Waals surface area (Å²) in [4.78, 5) is 14.3. The molecule has 5 heteroatoms. The summed E-state index contributed by atoms with van der Waals surface area (Å²) in [5, 5.41) is 11.0. The molecular weight excluding hydrogens is 306 g/mol. The minimum absolute atomic E-state index is 0.0921. The Hall–Kier alpha value is -1.07. The second-order valence-corrected chi connectivity index (χ2v) is 8.25. The molecule has 2 unspecified atom stereocenters. The van der Waals surface area contributed by atoms with E-state index in [0.29, 0.717) is 26.1 Å². The Kier molecular flexibility index (Phi) is 6.32. The SMILES string of the molecule is C=CCCCCCC1(O)CC2COCC(C1)N2C(=O)OC(C)(C)C. The van der Waals surface area contributed by atoms with Crippen LogP contribution in [0, 0.1) is 0 Å². The minimum Gasteiger partial charge on any atom is -0.444 e. The molecule has 2 saturated heterocycles. The number of hydrogen-bond acceptors (Lipinski definition) is 4. The van der Waals surface area contributed by atoms with E-state index in [4.69, 9.17) is 9.47 Å². The van der Waals surface area contributed by atoms with E-state index in [1.54, 1.807) is 4.90 Å². The first-order chi connectivity index (χ1) is 11.2. The van der Waals surface area contributed by atoms with E-state index in [0.717, 1.165) is 32.1 Å². The molecule has 138 valence electrons. The summed E-state index contributed by atoms with van der Waals surface area (Å²) in [5.74, 6) is 0. The minimum atomic E-state index is -0.689. The maximum Gasteiger partial charge on any atom is 0.410 e. The van der Waals surface area contributed by atoms with Crippen LogP contribution in [-0.2, 0) is 9.47 Å². The van der Waals surface area contributed by atoms with E-state index in [-0.39, 0.29) is 18.2 Å². The molecule has 24 heavy (non-hydrogen) atoms. The van der Waals surface area contributed by atoms with Crippen molar-refractivity contribution in [2.24, 2.45) is 0 Å². The molecule has 2 aliphatic heterocycles. The standard InChI is InChI=1S/C19H33NO4/c1-5-6-7-8-9-10-19(22)11-15-13-23-14-16(12-19)20(15)17(21)24-18(2,3)4/h5,15-16,22H,1,6-14H2,2-4H3. The summed E-state index contributed by atoms with van der Waals surface area (Å²) in [6, 6.07) is -0.184. The van der Waals surface area contributed by atoms with E-state index < -0.39 is 11.2 Å². The third kappa shape index (κ3) is 5.21. The van der Waals surface area contributed by atoms with Gasteiger partial charge < -0.3 is 14.6 Å². The maximum absolute atomic E-state index is 12.5. The van der Waals surface area contributed by atoms with Crippen LogP contribution in [0.15, 0.2) is 12.7 Å². The van der Waals surface area contributed by atoms with Crippen LogP contribution in [-0.4, -0.2) is 52.6 Å². The van der Waals surface area contributed by atoms with Crippen LogP contribution in [0.1, 0.15) is 65.7 Å². The highest BCUT2D eigenvalue weighted by Crippen LogP contribution is 2.38. The number of aliphatic hydroxyl groups is 1. The number of carbonyl (C=O) groups is 1. The van der Waals surface area contributed by atoms with E-state index in [1.165, 1.54) is 0 Å². The number of allylic oxidation sites excluding steroid dienone is 1. The molecule has 2 fully saturated rings. The van der Waals surface area contributed by atoms with Crippen LogP contribution in [0.4, 0.5) is 4.79 Å². The number of morpholine rings is 1. The summed E-state index contributed by atoms with van der Waals surface area (Å²) >= 11 is 0. The van der Waals surface area contributed by atoms with Crippen molar-refractivity contribution in [2.75, 3.05) is 13.2 Å². The first-order valence-corrected chi connectivity index (χ1v) is 9.16. The van der Waals surface area contributed by atoms with Gasteiger partial charge in [-0.3, -0.25) is 4.90 Å². The number of piperidine rings is 1. The quantitative estimate of drug-likeness (QED) is 0.593. The molecule has 0 radical (unpaired) electrons. The second-order valence-electron chi connectivity index (χ2n) is 8.25. The fraction of sp³-hybridized carbons (Fsp3) is 0.842. The third-order valence-corrected chi connectivity index (χ3v) is 4.79. The average molecular weight is 339 g/mol. The summed E-state index contributed by atoms with van der Waals surface area (Å²) in [5.41, 5.74) is -1.20. The third-order valence-electron chi connectivity index (χ3n) is 4.79. The molecule has 0 saturated carbocycles. The zero-order valence-electron chi connectivity index (χ0n) is 15.4. The number of hydrogen-bond donors (Lipinski definition) is 1. The normalized spacial score (nSPS) is 30.1. The van der Waals surface area contributed by atoms with Crippen molar-refractivity contribution in [3.63, 3.8) is 0 Å². The predicted octanol–water partition coefficient (Wildman–Crippen LogP) is 3.65. The molecule has 5 nitrogen and oxygen atoms in total. The largest absolute Gasteiger partial charge is 0.444 e. The fourth-order valence-electron chi connectivity index (χ4n) is 3.81. The Labute approximate surface area is 146 Å². The Bertz CT molecular complexity index is 429. The Balaban J connectivity index is 1.94. The average Bonchev–Trinajstić information content (AvgIpc) is 2.44. The molecule has 0 aromatic carbocycles. The fourth-order valence-corrected chi connectivity index (χ4v) is 3.81. The summed E-state index contributed by atoms with van der Waals surface area (Å²) < 4.78 is 11.2. The van der Waals surface area contributed by atoms with Crippen molar-refractivity contribution in [3.8, 4) is 0 Å². The Morgan fingerprint density at radius 3 is 2.46 bits per heavy atom. The maximum atomic E-state index is 12.5. The van der Waals surface area contributed by atoms with E-state index in [2.05, 4.69) is 6.58 Å². The van der Waals surface area contributed by atoms with Gasteiger partial charge in [0.25, 0.3) is 0 Å². The molecule has 2 aliphatic rings. The van der Waals surface area contributed by atoms with Crippen LogP contribution in [0.25, 0.3) is 0 Å². The van der Waals surface area contributed by atoms with Gasteiger partial charge in [-0.25, -0.2) is 4.79 Å². The molecule has 2 bridgehead atoms. The van der Waals surface area contributed by atoms with Crippen LogP contribution >= 0.6 is 0 Å². The van der Waals surface area contributed by atoms with E-state index >= 15 is 0 Å². The van der Waals surface area contributed by atoms with Gasteiger partial charge in [-0.15, -0.1) is 6.58 Å². The first kappa shape index (κ1) is 19.3. The van der Waals surface area contributed by atoms with Crippen molar-refractivity contribution in [1.82, 2.24) is 4.90 Å². The number of carbonyl (C=O) groups excluding carboxylic acids is 1. The van der Waals surface area contributed by atoms with Crippen molar-refractivity contribution in [3.05, 3.63) is 12.7 Å². The smallest absolute Gasteiger partial charge is 0.410 e. The van der Waals surface area contributed by atoms with Crippen molar-refractivity contribution >= 4 is 6.09 Å². The highest BCUT2D eigenvalue weighted by molar-refractivity contribution is 5.69. The molecule has 0 aromatic rings.